The zero-order valence-corrected chi connectivity index (χ0v) is 22.4. The van der Waals surface area contributed by atoms with Gasteiger partial charge in [0.05, 0.1) is 24.2 Å². The number of aromatic amines is 1. The summed E-state index contributed by atoms with van der Waals surface area (Å²) in [5.41, 5.74) is 2.10. The first-order valence-electron chi connectivity index (χ1n) is 10.9. The van der Waals surface area contributed by atoms with E-state index in [1.165, 1.54) is 10.8 Å². The third-order valence-electron chi connectivity index (χ3n) is 5.69. The van der Waals surface area contributed by atoms with Crippen molar-refractivity contribution >= 4 is 7.60 Å². The second kappa shape index (κ2) is 14.0. The number of hydrogen-bond acceptors (Lipinski definition) is 9. The second-order valence-corrected chi connectivity index (χ2v) is 10.3. The fourth-order valence-corrected chi connectivity index (χ4v) is 5.38. The molecule has 215 valence electrons. The third kappa shape index (κ3) is 7.52. The topological polar surface area (TPSA) is 236 Å². The predicted octanol–water partition coefficient (Wildman–Crippen LogP) is -0.697. The second-order valence-electron chi connectivity index (χ2n) is 8.34. The Morgan fingerprint density at radius 3 is 2.50 bits per heavy atom. The maximum absolute atomic E-state index is 13.5. The van der Waals surface area contributed by atoms with Gasteiger partial charge in [-0.3, -0.25) is 33.4 Å². The van der Waals surface area contributed by atoms with Gasteiger partial charge < -0.3 is 22.2 Å². The van der Waals surface area contributed by atoms with Gasteiger partial charge in [-0.15, -0.1) is 4.62 Å². The molecule has 4 atom stereocenters. The van der Waals surface area contributed by atoms with Crippen LogP contribution in [0.3, 0.4) is 0 Å². The maximum Gasteiger partial charge on any atom is 0.386 e. The number of ether oxygens (including phenoxy) is 1. The fourth-order valence-electron chi connectivity index (χ4n) is 3.88. The minimum absolute atomic E-state index is 0. The van der Waals surface area contributed by atoms with Gasteiger partial charge in [0.25, 0.3) is 5.56 Å². The molecule has 1 radical (unpaired) electrons. The molecular formula is C22H32CuN5O9P. The van der Waals surface area contributed by atoms with Crippen molar-refractivity contribution in [1.82, 2.24) is 19.5 Å². The Morgan fingerprint density at radius 1 is 1.21 bits per heavy atom. The van der Waals surface area contributed by atoms with Gasteiger partial charge in [0.1, 0.15) is 18.4 Å². The van der Waals surface area contributed by atoms with E-state index < -0.39 is 43.9 Å². The van der Waals surface area contributed by atoms with Crippen LogP contribution in [0.15, 0.2) is 52.4 Å². The first-order valence-corrected chi connectivity index (χ1v) is 12.6. The Bertz CT molecular complexity index is 1390. The van der Waals surface area contributed by atoms with E-state index in [2.05, 4.69) is 20.8 Å². The van der Waals surface area contributed by atoms with Crippen LogP contribution < -0.4 is 17.1 Å². The van der Waals surface area contributed by atoms with Crippen molar-refractivity contribution in [2.45, 2.75) is 44.9 Å². The van der Waals surface area contributed by atoms with Crippen LogP contribution in [0.5, 0.6) is 0 Å². The fraction of sp³-hybridized carbons (Fsp3) is 0.364. The largest absolute Gasteiger partial charge is 1.00 e. The summed E-state index contributed by atoms with van der Waals surface area (Å²) in [4.78, 5) is 34.8. The zero-order valence-electron chi connectivity index (χ0n) is 21.6. The molecule has 9 N–H and O–H groups in total. The van der Waals surface area contributed by atoms with Crippen molar-refractivity contribution in [2.75, 3.05) is 6.61 Å². The van der Waals surface area contributed by atoms with E-state index in [0.29, 0.717) is 22.5 Å². The number of rotatable bonds is 8. The van der Waals surface area contributed by atoms with Crippen molar-refractivity contribution < 1.29 is 58.9 Å². The molecule has 0 spiro atoms. The summed E-state index contributed by atoms with van der Waals surface area (Å²) in [5, 5.41) is 9.80. The third-order valence-corrected chi connectivity index (χ3v) is 7.43. The quantitative estimate of drug-likeness (QED) is 0.167. The number of aliphatic hydroxyl groups excluding tert-OH is 1. The molecule has 1 saturated heterocycles. The minimum atomic E-state index is -3.79. The number of H-pyrrole nitrogens is 1. The van der Waals surface area contributed by atoms with Gasteiger partial charge in [-0.2, -0.15) is 0 Å². The molecule has 0 aromatic carbocycles. The summed E-state index contributed by atoms with van der Waals surface area (Å²) in [6.45, 7) is 3.07. The molecule has 3 aromatic rings. The molecule has 0 saturated carbocycles. The molecule has 16 heteroatoms. The number of nitrogens with one attached hydrogen (secondary N) is 1. The van der Waals surface area contributed by atoms with Gasteiger partial charge in [0, 0.05) is 47.6 Å². The predicted molar refractivity (Wildman–Crippen MR) is 132 cm³/mol. The van der Waals surface area contributed by atoms with Crippen LogP contribution in [0.2, 0.25) is 0 Å². The van der Waals surface area contributed by atoms with E-state index in [1.807, 2.05) is 19.1 Å². The number of aryl methyl sites for hydroxylation is 2. The smallest absolute Gasteiger partial charge is 0.386 e. The van der Waals surface area contributed by atoms with E-state index in [1.54, 1.807) is 31.5 Å². The number of hydrogen-bond donors (Lipinski definition) is 3. The zero-order chi connectivity index (χ0) is 25.2. The van der Waals surface area contributed by atoms with Gasteiger partial charge in [0.15, 0.2) is 0 Å². The standard InChI is InChI=1S/C22H26N5O7P.Cu.2H2O.H/c1-13-3-5-24-16(7-13)17-8-15(4-6-25-17)12-35(31,34-23)33-18-9-20(32-19(18)11-28)27-10-14(2)21(29)26-22(27)30;;;;/h3-8,10,18-20,28H,9,11-12H2,1-2,23H3;;2*1H2;/q;;;;-1/p+1/t18-,19?,20?,35?;;;;/m1..../s1. The molecule has 0 aliphatic carbocycles. The number of quaternary nitrogens is 1. The van der Waals surface area contributed by atoms with Crippen LogP contribution in [0.4, 0.5) is 0 Å². The first-order chi connectivity index (χ1) is 16.7. The monoisotopic (exact) mass is 604 g/mol. The van der Waals surface area contributed by atoms with Gasteiger partial charge in [0.2, 0.25) is 0 Å². The molecule has 14 nitrogen and oxygen atoms in total. The molecule has 1 aliphatic heterocycles. The molecule has 0 bridgehead atoms. The van der Waals surface area contributed by atoms with Gasteiger partial charge >= 0.3 is 13.3 Å². The van der Waals surface area contributed by atoms with Crippen LogP contribution >= 0.6 is 7.60 Å². The molecular weight excluding hydrogens is 573 g/mol. The van der Waals surface area contributed by atoms with Crippen molar-refractivity contribution in [2.24, 2.45) is 0 Å². The average molecular weight is 605 g/mol. The summed E-state index contributed by atoms with van der Waals surface area (Å²) >= 11 is 0. The molecule has 1 aliphatic rings. The SMILES string of the molecule is Cc1ccnc(-c2cc(CP(=O)(O[NH3+])O[C@@H]3CC(n4cc(C)c(=O)[nH]c4=O)OC3CO)ccn2)c1.O.O.[Cu].[H-]. The minimum Gasteiger partial charge on any atom is -1.00 e. The summed E-state index contributed by atoms with van der Waals surface area (Å²) < 4.78 is 31.3. The summed E-state index contributed by atoms with van der Waals surface area (Å²) in [6, 6.07) is 7.21. The first kappa shape index (κ1) is 33.5. The van der Waals surface area contributed by atoms with E-state index in [9.17, 15) is 19.3 Å². The number of pyridine rings is 2. The maximum atomic E-state index is 13.5. The molecule has 3 unspecified atom stereocenters. The summed E-state index contributed by atoms with van der Waals surface area (Å²) in [6.07, 6.45) is 2.08. The van der Waals surface area contributed by atoms with Crippen molar-refractivity contribution in [3.63, 3.8) is 0 Å². The van der Waals surface area contributed by atoms with Gasteiger partial charge in [-0.1, -0.05) is 0 Å². The van der Waals surface area contributed by atoms with E-state index in [-0.39, 0.29) is 42.0 Å². The number of nitrogens with zero attached hydrogens (tertiary/aromatic N) is 3. The van der Waals surface area contributed by atoms with E-state index in [0.717, 1.165) is 5.56 Å². The number of aliphatic hydroxyl groups is 1. The normalized spacial score (nSPS) is 19.9. The van der Waals surface area contributed by atoms with Crippen LogP contribution in [0.1, 0.15) is 30.8 Å². The van der Waals surface area contributed by atoms with Crippen LogP contribution in [0.25, 0.3) is 11.4 Å². The molecule has 4 rings (SSSR count). The summed E-state index contributed by atoms with van der Waals surface area (Å²) in [7, 11) is -3.79. The van der Waals surface area contributed by atoms with Crippen molar-refractivity contribution in [3.8, 4) is 11.4 Å². The van der Waals surface area contributed by atoms with E-state index >= 15 is 0 Å². The molecule has 0 amide bonds. The average Bonchev–Trinajstić information content (AvgIpc) is 3.23. The van der Waals surface area contributed by atoms with Crippen LogP contribution in [0, 0.1) is 13.8 Å². The molecule has 3 aromatic heterocycles. The molecule has 4 heterocycles. The van der Waals surface area contributed by atoms with Crippen LogP contribution in [-0.2, 0) is 41.7 Å². The van der Waals surface area contributed by atoms with Crippen molar-refractivity contribution in [1.29, 1.82) is 0 Å². The van der Waals surface area contributed by atoms with Gasteiger partial charge in [-0.25, -0.2) is 10.7 Å². The Morgan fingerprint density at radius 2 is 1.87 bits per heavy atom. The van der Waals surface area contributed by atoms with Gasteiger partial charge in [-0.05, 0) is 49.2 Å². The van der Waals surface area contributed by atoms with Crippen molar-refractivity contribution in [3.05, 3.63) is 80.4 Å². The Balaban J connectivity index is 0.00000361. The van der Waals surface area contributed by atoms with E-state index in [4.69, 9.17) is 13.9 Å². The Hall–Kier alpha value is -2.55. The number of aromatic nitrogens is 4. The Labute approximate surface area is 229 Å². The molecule has 1 fully saturated rings. The summed E-state index contributed by atoms with van der Waals surface area (Å²) in [5.74, 6) is 3.34. The van der Waals surface area contributed by atoms with Crippen LogP contribution in [-0.4, -0.2) is 54.4 Å². The molecule has 38 heavy (non-hydrogen) atoms. The Kier molecular flexibility index (Phi) is 12.3.